The van der Waals surface area contributed by atoms with E-state index in [-0.39, 0.29) is 11.8 Å². The van der Waals surface area contributed by atoms with Crippen LogP contribution in [0.4, 0.5) is 0 Å². The summed E-state index contributed by atoms with van der Waals surface area (Å²) in [4.78, 5) is 0. The van der Waals surface area contributed by atoms with Gasteiger partial charge in [0.1, 0.15) is 5.75 Å². The van der Waals surface area contributed by atoms with Gasteiger partial charge in [-0.25, -0.2) is 0 Å². The lowest BCUT2D eigenvalue weighted by Gasteiger charge is -2.12. The Labute approximate surface area is 102 Å². The summed E-state index contributed by atoms with van der Waals surface area (Å²) in [5.74, 6) is 2.92. The van der Waals surface area contributed by atoms with Crippen LogP contribution in [0.5, 0.6) is 5.75 Å². The van der Waals surface area contributed by atoms with Crippen molar-refractivity contribution < 1.29 is 5.11 Å². The summed E-state index contributed by atoms with van der Waals surface area (Å²) in [6, 6.07) is 5.03. The molecule has 1 rings (SSSR count). The quantitative estimate of drug-likeness (QED) is 0.772. The van der Waals surface area contributed by atoms with Crippen molar-refractivity contribution in [3.63, 3.8) is 0 Å². The highest BCUT2D eigenvalue weighted by atomic mass is 35.5. The Morgan fingerprint density at radius 1 is 1.56 bits per heavy atom. The van der Waals surface area contributed by atoms with E-state index >= 15 is 0 Å². The van der Waals surface area contributed by atoms with Gasteiger partial charge in [-0.15, -0.1) is 6.42 Å². The van der Waals surface area contributed by atoms with E-state index in [0.717, 1.165) is 18.4 Å². The van der Waals surface area contributed by atoms with E-state index in [0.29, 0.717) is 11.6 Å². The molecule has 0 aliphatic heterocycles. The predicted molar refractivity (Wildman–Crippen MR) is 67.5 cm³/mol. The van der Waals surface area contributed by atoms with Gasteiger partial charge in [0.2, 0.25) is 0 Å². The lowest BCUT2D eigenvalue weighted by atomic mass is 10.1. The van der Waals surface area contributed by atoms with E-state index in [1.807, 2.05) is 0 Å². The monoisotopic (exact) mass is 237 g/mol. The lowest BCUT2D eigenvalue weighted by Crippen LogP contribution is -2.26. The van der Waals surface area contributed by atoms with Gasteiger partial charge in [0, 0.05) is 17.1 Å². The molecule has 0 saturated carbocycles. The molecule has 1 aromatic rings. The third-order valence-corrected chi connectivity index (χ3v) is 2.59. The van der Waals surface area contributed by atoms with Crippen LogP contribution in [0.2, 0.25) is 5.02 Å². The number of rotatable bonds is 5. The molecule has 0 aromatic heterocycles. The minimum absolute atomic E-state index is 0.0448. The van der Waals surface area contributed by atoms with Crippen LogP contribution in [0.25, 0.3) is 0 Å². The molecule has 0 bridgehead atoms. The Hall–Kier alpha value is -1.17. The standard InChI is InChI=1S/C13H16ClNO/c1-3-5-12(4-2)15-9-10-8-11(14)6-7-13(10)16/h2,6-8,12,15-16H,3,5,9H2,1H3. The third-order valence-electron chi connectivity index (χ3n) is 2.36. The number of phenolic OH excluding ortho intramolecular Hbond substituents is 1. The summed E-state index contributed by atoms with van der Waals surface area (Å²) < 4.78 is 0. The van der Waals surface area contributed by atoms with E-state index in [9.17, 15) is 5.11 Å². The second-order valence-corrected chi connectivity index (χ2v) is 4.10. The first kappa shape index (κ1) is 12.9. The van der Waals surface area contributed by atoms with Gasteiger partial charge in [-0.3, -0.25) is 5.32 Å². The maximum atomic E-state index is 9.60. The zero-order valence-electron chi connectivity index (χ0n) is 9.33. The molecule has 0 aliphatic rings. The van der Waals surface area contributed by atoms with Crippen molar-refractivity contribution >= 4 is 11.6 Å². The molecule has 86 valence electrons. The summed E-state index contributed by atoms with van der Waals surface area (Å²) in [6.45, 7) is 2.62. The van der Waals surface area contributed by atoms with Crippen LogP contribution in [-0.2, 0) is 6.54 Å². The number of phenols is 1. The average molecular weight is 238 g/mol. The van der Waals surface area contributed by atoms with Gasteiger partial charge in [-0.2, -0.15) is 0 Å². The van der Waals surface area contributed by atoms with Gasteiger partial charge in [-0.1, -0.05) is 30.9 Å². The SMILES string of the molecule is C#CC(CCC)NCc1cc(Cl)ccc1O. The molecule has 1 aromatic carbocycles. The molecule has 16 heavy (non-hydrogen) atoms. The molecular formula is C13H16ClNO. The van der Waals surface area contributed by atoms with E-state index in [1.54, 1.807) is 18.2 Å². The Morgan fingerprint density at radius 3 is 2.94 bits per heavy atom. The molecule has 0 radical (unpaired) electrons. The van der Waals surface area contributed by atoms with E-state index < -0.39 is 0 Å². The van der Waals surface area contributed by atoms with Gasteiger partial charge in [0.25, 0.3) is 0 Å². The molecule has 0 saturated heterocycles. The zero-order chi connectivity index (χ0) is 12.0. The number of hydrogen-bond donors (Lipinski definition) is 2. The minimum atomic E-state index is 0.0448. The van der Waals surface area contributed by atoms with Crippen LogP contribution in [0.3, 0.4) is 0 Å². The van der Waals surface area contributed by atoms with E-state index in [1.165, 1.54) is 0 Å². The van der Waals surface area contributed by atoms with Gasteiger partial charge < -0.3 is 5.11 Å². The Bertz CT molecular complexity index is 384. The highest BCUT2D eigenvalue weighted by Crippen LogP contribution is 2.21. The summed E-state index contributed by atoms with van der Waals surface area (Å²) >= 11 is 5.85. The number of hydrogen-bond acceptors (Lipinski definition) is 2. The highest BCUT2D eigenvalue weighted by molar-refractivity contribution is 6.30. The number of nitrogens with one attached hydrogen (secondary N) is 1. The minimum Gasteiger partial charge on any atom is -0.508 e. The molecule has 0 amide bonds. The Balaban J connectivity index is 2.60. The zero-order valence-corrected chi connectivity index (χ0v) is 10.1. The molecule has 3 heteroatoms. The van der Waals surface area contributed by atoms with Crippen LogP contribution < -0.4 is 5.32 Å². The smallest absolute Gasteiger partial charge is 0.120 e. The fraction of sp³-hybridized carbons (Fsp3) is 0.385. The molecular weight excluding hydrogens is 222 g/mol. The van der Waals surface area contributed by atoms with Crippen molar-refractivity contribution in [2.45, 2.75) is 32.4 Å². The second kappa shape index (κ2) is 6.42. The normalized spacial score (nSPS) is 12.1. The highest BCUT2D eigenvalue weighted by Gasteiger charge is 2.06. The largest absolute Gasteiger partial charge is 0.508 e. The lowest BCUT2D eigenvalue weighted by molar-refractivity contribution is 0.460. The Kier molecular flexibility index (Phi) is 5.18. The number of aromatic hydroxyl groups is 1. The molecule has 2 nitrogen and oxygen atoms in total. The van der Waals surface area contributed by atoms with Crippen LogP contribution in [-0.4, -0.2) is 11.1 Å². The van der Waals surface area contributed by atoms with Crippen molar-refractivity contribution in [2.24, 2.45) is 0 Å². The van der Waals surface area contributed by atoms with Gasteiger partial charge in [-0.05, 0) is 24.6 Å². The molecule has 0 aliphatic carbocycles. The molecule has 2 N–H and O–H groups in total. The first-order valence-electron chi connectivity index (χ1n) is 5.34. The first-order valence-corrected chi connectivity index (χ1v) is 5.72. The first-order chi connectivity index (χ1) is 7.67. The van der Waals surface area contributed by atoms with Gasteiger partial charge >= 0.3 is 0 Å². The number of terminal acetylenes is 1. The molecule has 1 atom stereocenters. The molecule has 0 spiro atoms. The summed E-state index contributed by atoms with van der Waals surface area (Å²) in [5.41, 5.74) is 0.767. The van der Waals surface area contributed by atoms with Crippen molar-refractivity contribution in [2.75, 3.05) is 0 Å². The fourth-order valence-electron chi connectivity index (χ4n) is 1.46. The molecule has 0 fully saturated rings. The average Bonchev–Trinajstić information content (AvgIpc) is 2.28. The van der Waals surface area contributed by atoms with E-state index in [2.05, 4.69) is 18.2 Å². The van der Waals surface area contributed by atoms with Crippen LogP contribution in [0, 0.1) is 12.3 Å². The van der Waals surface area contributed by atoms with Crippen LogP contribution in [0.15, 0.2) is 18.2 Å². The van der Waals surface area contributed by atoms with Crippen molar-refractivity contribution in [3.05, 3.63) is 28.8 Å². The molecule has 0 heterocycles. The predicted octanol–water partition coefficient (Wildman–Crippen LogP) is 2.94. The topological polar surface area (TPSA) is 32.3 Å². The van der Waals surface area contributed by atoms with Gasteiger partial charge in [0.05, 0.1) is 6.04 Å². The summed E-state index contributed by atoms with van der Waals surface area (Å²) in [5, 5.41) is 13.4. The fourth-order valence-corrected chi connectivity index (χ4v) is 1.66. The number of halogens is 1. The van der Waals surface area contributed by atoms with Crippen molar-refractivity contribution in [3.8, 4) is 18.1 Å². The van der Waals surface area contributed by atoms with Gasteiger partial charge in [0.15, 0.2) is 0 Å². The van der Waals surface area contributed by atoms with Crippen LogP contribution in [0.1, 0.15) is 25.3 Å². The summed E-state index contributed by atoms with van der Waals surface area (Å²) in [6.07, 6.45) is 7.35. The van der Waals surface area contributed by atoms with E-state index in [4.69, 9.17) is 18.0 Å². The van der Waals surface area contributed by atoms with Crippen molar-refractivity contribution in [1.29, 1.82) is 0 Å². The van der Waals surface area contributed by atoms with Crippen molar-refractivity contribution in [1.82, 2.24) is 5.32 Å². The number of benzene rings is 1. The maximum absolute atomic E-state index is 9.60. The summed E-state index contributed by atoms with van der Waals surface area (Å²) in [7, 11) is 0. The maximum Gasteiger partial charge on any atom is 0.120 e. The third kappa shape index (κ3) is 3.77. The second-order valence-electron chi connectivity index (χ2n) is 3.66. The molecule has 1 unspecified atom stereocenters. The van der Waals surface area contributed by atoms with Crippen LogP contribution >= 0.6 is 11.6 Å². The Morgan fingerprint density at radius 2 is 2.31 bits per heavy atom.